The first-order chi connectivity index (χ1) is 6.74. The third-order valence-electron chi connectivity index (χ3n) is 1.89. The molecule has 0 aromatic heterocycles. The number of carbonyl (C=O) groups excluding carboxylic acids is 1. The van der Waals surface area contributed by atoms with Gasteiger partial charge in [-0.3, -0.25) is 4.79 Å². The van der Waals surface area contributed by atoms with Crippen LogP contribution in [0.4, 0.5) is 0 Å². The molecular weight excluding hydrogens is 180 g/mol. The lowest BCUT2D eigenvalue weighted by Crippen LogP contribution is -2.42. The van der Waals surface area contributed by atoms with E-state index in [0.717, 1.165) is 5.56 Å². The number of benzene rings is 1. The van der Waals surface area contributed by atoms with Crippen LogP contribution in [0.5, 0.6) is 0 Å². The number of rotatable bonds is 5. The molecule has 1 atom stereocenters. The highest BCUT2D eigenvalue weighted by Crippen LogP contribution is 2.02. The third-order valence-corrected chi connectivity index (χ3v) is 1.89. The van der Waals surface area contributed by atoms with E-state index < -0.39 is 11.9 Å². The second-order valence-electron chi connectivity index (χ2n) is 2.97. The number of hydrogen-bond acceptors (Lipinski definition) is 3. The fourth-order valence-corrected chi connectivity index (χ4v) is 1.19. The maximum Gasteiger partial charge on any atom is 0.237 e. The molecule has 1 unspecified atom stereocenters. The molecule has 0 heterocycles. The van der Waals surface area contributed by atoms with Crippen molar-refractivity contribution in [3.05, 3.63) is 35.9 Å². The van der Waals surface area contributed by atoms with Crippen LogP contribution in [-0.2, 0) is 16.1 Å². The molecule has 1 amide bonds. The summed E-state index contributed by atoms with van der Waals surface area (Å²) in [5, 5.41) is 0. The second kappa shape index (κ2) is 5.36. The first-order valence-electron chi connectivity index (χ1n) is 4.36. The molecule has 0 saturated carbocycles. The van der Waals surface area contributed by atoms with Gasteiger partial charge in [-0.15, -0.1) is 0 Å². The van der Waals surface area contributed by atoms with Gasteiger partial charge in [0.1, 0.15) is 6.04 Å². The van der Waals surface area contributed by atoms with Crippen molar-refractivity contribution in [1.29, 1.82) is 0 Å². The molecule has 0 spiro atoms. The molecule has 14 heavy (non-hydrogen) atoms. The van der Waals surface area contributed by atoms with Crippen LogP contribution < -0.4 is 11.2 Å². The van der Waals surface area contributed by atoms with Gasteiger partial charge in [0.25, 0.3) is 0 Å². The van der Waals surface area contributed by atoms with Crippen LogP contribution in [0.3, 0.4) is 0 Å². The lowest BCUT2D eigenvalue weighted by Gasteiger charge is -2.13. The van der Waals surface area contributed by atoms with E-state index in [2.05, 4.69) is 10.3 Å². The number of primary amides is 1. The van der Waals surface area contributed by atoms with E-state index in [0.29, 0.717) is 6.42 Å². The average molecular weight is 194 g/mol. The molecule has 0 radical (unpaired) electrons. The zero-order chi connectivity index (χ0) is 10.4. The highest BCUT2D eigenvalue weighted by atomic mass is 16.6. The monoisotopic (exact) mass is 194 g/mol. The lowest BCUT2D eigenvalue weighted by molar-refractivity contribution is -0.123. The molecule has 0 fully saturated rings. The van der Waals surface area contributed by atoms with Crippen molar-refractivity contribution >= 4 is 5.91 Å². The Morgan fingerprint density at radius 2 is 2.14 bits per heavy atom. The van der Waals surface area contributed by atoms with Crippen molar-refractivity contribution in [2.45, 2.75) is 12.5 Å². The van der Waals surface area contributed by atoms with Crippen LogP contribution in [0.2, 0.25) is 0 Å². The molecule has 4 heteroatoms. The second-order valence-corrected chi connectivity index (χ2v) is 2.97. The van der Waals surface area contributed by atoms with Gasteiger partial charge >= 0.3 is 0 Å². The van der Waals surface area contributed by atoms with E-state index in [-0.39, 0.29) is 0 Å². The Morgan fingerprint density at radius 1 is 1.50 bits per heavy atom. The molecule has 1 aromatic rings. The van der Waals surface area contributed by atoms with Gasteiger partial charge in [0, 0.05) is 0 Å². The van der Waals surface area contributed by atoms with Gasteiger partial charge in [0.15, 0.2) is 0 Å². The van der Waals surface area contributed by atoms with Gasteiger partial charge in [-0.2, -0.15) is 5.48 Å². The van der Waals surface area contributed by atoms with Crippen molar-refractivity contribution < 1.29 is 9.63 Å². The molecule has 4 nitrogen and oxygen atoms in total. The fourth-order valence-electron chi connectivity index (χ4n) is 1.19. The summed E-state index contributed by atoms with van der Waals surface area (Å²) >= 11 is 0. The largest absolute Gasteiger partial charge is 0.368 e. The van der Waals surface area contributed by atoms with Crippen molar-refractivity contribution in [2.24, 2.45) is 5.73 Å². The van der Waals surface area contributed by atoms with Crippen LogP contribution in [-0.4, -0.2) is 19.1 Å². The summed E-state index contributed by atoms with van der Waals surface area (Å²) in [5.74, 6) is -0.421. The topological polar surface area (TPSA) is 64.3 Å². The smallest absolute Gasteiger partial charge is 0.237 e. The Hall–Kier alpha value is -1.39. The van der Waals surface area contributed by atoms with E-state index in [4.69, 9.17) is 5.73 Å². The van der Waals surface area contributed by atoms with Crippen molar-refractivity contribution in [3.8, 4) is 0 Å². The minimum atomic E-state index is -0.484. The summed E-state index contributed by atoms with van der Waals surface area (Å²) < 4.78 is 0. The van der Waals surface area contributed by atoms with E-state index in [9.17, 15) is 4.79 Å². The summed E-state index contributed by atoms with van der Waals surface area (Å²) in [7, 11) is 1.46. The zero-order valence-electron chi connectivity index (χ0n) is 8.07. The summed E-state index contributed by atoms with van der Waals surface area (Å²) in [6.07, 6.45) is 0.532. The zero-order valence-corrected chi connectivity index (χ0v) is 8.07. The van der Waals surface area contributed by atoms with Gasteiger partial charge in [-0.05, 0) is 12.0 Å². The molecule has 1 rings (SSSR count). The summed E-state index contributed by atoms with van der Waals surface area (Å²) in [4.78, 5) is 15.7. The van der Waals surface area contributed by atoms with Crippen molar-refractivity contribution in [3.63, 3.8) is 0 Å². The van der Waals surface area contributed by atoms with E-state index in [1.54, 1.807) is 0 Å². The van der Waals surface area contributed by atoms with Gasteiger partial charge in [-0.25, -0.2) is 0 Å². The Balaban J connectivity index is 2.60. The molecule has 0 aliphatic heterocycles. The Bertz CT molecular complexity index is 287. The standard InChI is InChI=1S/C10H14N2O2/c1-14-12-9(10(11)13)7-8-5-3-2-4-6-8/h2-6,9,12H,7H2,1H3,(H2,11,13). The molecule has 3 N–H and O–H groups in total. The van der Waals surface area contributed by atoms with Crippen LogP contribution in [0.1, 0.15) is 5.56 Å². The molecular formula is C10H14N2O2. The predicted molar refractivity (Wildman–Crippen MR) is 53.3 cm³/mol. The van der Waals surface area contributed by atoms with Crippen LogP contribution >= 0.6 is 0 Å². The van der Waals surface area contributed by atoms with Crippen LogP contribution in [0, 0.1) is 0 Å². The van der Waals surface area contributed by atoms with Crippen molar-refractivity contribution in [2.75, 3.05) is 7.11 Å². The molecule has 0 aliphatic carbocycles. The minimum absolute atomic E-state index is 0.421. The molecule has 76 valence electrons. The Morgan fingerprint density at radius 3 is 2.64 bits per heavy atom. The highest BCUT2D eigenvalue weighted by molar-refractivity contribution is 5.80. The molecule has 1 aromatic carbocycles. The molecule has 0 aliphatic rings. The third kappa shape index (κ3) is 3.16. The number of hydrogen-bond donors (Lipinski definition) is 2. The number of hydroxylamine groups is 1. The highest BCUT2D eigenvalue weighted by Gasteiger charge is 2.14. The van der Waals surface area contributed by atoms with Gasteiger partial charge < -0.3 is 10.6 Å². The maximum absolute atomic E-state index is 11.0. The minimum Gasteiger partial charge on any atom is -0.368 e. The van der Waals surface area contributed by atoms with Gasteiger partial charge in [0.05, 0.1) is 7.11 Å². The van der Waals surface area contributed by atoms with Crippen LogP contribution in [0.15, 0.2) is 30.3 Å². The van der Waals surface area contributed by atoms with Crippen molar-refractivity contribution in [1.82, 2.24) is 5.48 Å². The van der Waals surface area contributed by atoms with E-state index in [1.807, 2.05) is 30.3 Å². The summed E-state index contributed by atoms with van der Waals surface area (Å²) in [6.45, 7) is 0. The quantitative estimate of drug-likeness (QED) is 0.660. The summed E-state index contributed by atoms with van der Waals surface area (Å²) in [6, 6.07) is 9.15. The van der Waals surface area contributed by atoms with Gasteiger partial charge in [-0.1, -0.05) is 30.3 Å². The molecule has 0 saturated heterocycles. The number of amides is 1. The SMILES string of the molecule is CONC(Cc1ccccc1)C(N)=O. The summed E-state index contributed by atoms with van der Waals surface area (Å²) in [5.41, 5.74) is 8.79. The Labute approximate surface area is 83.0 Å². The number of nitrogens with two attached hydrogens (primary N) is 1. The van der Waals surface area contributed by atoms with Crippen LogP contribution in [0.25, 0.3) is 0 Å². The Kier molecular flexibility index (Phi) is 4.10. The van der Waals surface area contributed by atoms with Gasteiger partial charge in [0.2, 0.25) is 5.91 Å². The normalized spacial score (nSPS) is 12.4. The number of carbonyl (C=O) groups is 1. The maximum atomic E-state index is 11.0. The van der Waals surface area contributed by atoms with E-state index >= 15 is 0 Å². The first kappa shape index (κ1) is 10.7. The fraction of sp³-hybridized carbons (Fsp3) is 0.300. The number of nitrogens with one attached hydrogen (secondary N) is 1. The predicted octanol–water partition coefficient (Wildman–Crippen LogP) is 0.234. The lowest BCUT2D eigenvalue weighted by atomic mass is 10.1. The first-order valence-corrected chi connectivity index (χ1v) is 4.36. The average Bonchev–Trinajstić information content (AvgIpc) is 2.18. The van der Waals surface area contributed by atoms with E-state index in [1.165, 1.54) is 7.11 Å². The molecule has 0 bridgehead atoms.